The van der Waals surface area contributed by atoms with Gasteiger partial charge < -0.3 is 14.7 Å². The van der Waals surface area contributed by atoms with Gasteiger partial charge in [-0.3, -0.25) is 9.59 Å². The number of aliphatic hydroxyl groups excluding tert-OH is 1. The van der Waals surface area contributed by atoms with E-state index < -0.39 is 17.7 Å². The van der Waals surface area contributed by atoms with Gasteiger partial charge in [0, 0.05) is 18.5 Å². The third-order valence-corrected chi connectivity index (χ3v) is 7.29. The number of ketones is 1. The molecule has 5 heteroatoms. The minimum atomic E-state index is -0.666. The van der Waals surface area contributed by atoms with Gasteiger partial charge in [-0.25, -0.2) is 0 Å². The Morgan fingerprint density at radius 2 is 1.70 bits per heavy atom. The molecule has 0 aromatic heterocycles. The number of ether oxygens (including phenoxy) is 1. The third-order valence-electron chi connectivity index (χ3n) is 7.29. The van der Waals surface area contributed by atoms with Crippen LogP contribution in [0.3, 0.4) is 0 Å². The number of Topliss-reactive ketones (excluding diaryl/α,β-unsaturated/α-hetero) is 1. The third kappa shape index (κ3) is 4.78. The van der Waals surface area contributed by atoms with Crippen LogP contribution in [0.5, 0.6) is 5.75 Å². The van der Waals surface area contributed by atoms with E-state index in [1.807, 2.05) is 73.7 Å². The topological polar surface area (TPSA) is 66.8 Å². The van der Waals surface area contributed by atoms with Crippen molar-refractivity contribution in [1.29, 1.82) is 0 Å². The van der Waals surface area contributed by atoms with Crippen molar-refractivity contribution >= 4 is 17.4 Å². The normalized spacial score (nSPS) is 20.7. The molecule has 0 unspecified atom stereocenters. The number of fused-ring (bicyclic) bond motifs is 1. The SMILES string of the molecule is C[C@H]1Cc2cc(C(O)=C3C(=O)C(=O)N(CCc4ccccc4)[C@@H]3c3ccc(C(C)(C)C)cc3)ccc2O1. The molecule has 37 heavy (non-hydrogen) atoms. The second-order valence-electron chi connectivity index (χ2n) is 11.1. The molecule has 5 rings (SSSR count). The largest absolute Gasteiger partial charge is 0.507 e. The summed E-state index contributed by atoms with van der Waals surface area (Å²) in [5.41, 5.74) is 4.66. The van der Waals surface area contributed by atoms with Crippen LogP contribution in [0.15, 0.2) is 78.4 Å². The highest BCUT2D eigenvalue weighted by Gasteiger charge is 2.46. The Morgan fingerprint density at radius 1 is 1.00 bits per heavy atom. The summed E-state index contributed by atoms with van der Waals surface area (Å²) in [6.07, 6.45) is 1.41. The molecule has 2 heterocycles. The molecule has 190 valence electrons. The van der Waals surface area contributed by atoms with Crippen LogP contribution in [-0.2, 0) is 27.8 Å². The molecular weight excluding hydrogens is 462 g/mol. The molecule has 1 saturated heterocycles. The molecule has 0 spiro atoms. The summed E-state index contributed by atoms with van der Waals surface area (Å²) in [4.78, 5) is 28.3. The van der Waals surface area contributed by atoms with Crippen molar-refractivity contribution < 1.29 is 19.4 Å². The number of hydrogen-bond donors (Lipinski definition) is 1. The summed E-state index contributed by atoms with van der Waals surface area (Å²) in [5, 5.41) is 11.5. The minimum absolute atomic E-state index is 0.0305. The maximum Gasteiger partial charge on any atom is 0.295 e. The smallest absolute Gasteiger partial charge is 0.295 e. The lowest BCUT2D eigenvalue weighted by Crippen LogP contribution is -2.31. The quantitative estimate of drug-likeness (QED) is 0.269. The molecule has 3 aromatic rings. The summed E-state index contributed by atoms with van der Waals surface area (Å²) in [6, 6.07) is 22.7. The zero-order valence-corrected chi connectivity index (χ0v) is 21.8. The molecular formula is C32H33NO4. The zero-order valence-electron chi connectivity index (χ0n) is 21.8. The highest BCUT2D eigenvalue weighted by molar-refractivity contribution is 6.46. The van der Waals surface area contributed by atoms with Gasteiger partial charge >= 0.3 is 0 Å². The minimum Gasteiger partial charge on any atom is -0.507 e. The molecule has 3 aromatic carbocycles. The van der Waals surface area contributed by atoms with Gasteiger partial charge in [-0.1, -0.05) is 75.4 Å². The van der Waals surface area contributed by atoms with E-state index in [4.69, 9.17) is 4.74 Å². The van der Waals surface area contributed by atoms with Crippen molar-refractivity contribution in [3.8, 4) is 5.75 Å². The Labute approximate surface area is 218 Å². The Bertz CT molecular complexity index is 1370. The summed E-state index contributed by atoms with van der Waals surface area (Å²) in [5.74, 6) is -0.587. The first kappa shape index (κ1) is 24.8. The Kier molecular flexibility index (Phi) is 6.40. The number of rotatable bonds is 5. The van der Waals surface area contributed by atoms with Crippen molar-refractivity contribution in [2.24, 2.45) is 0 Å². The molecule has 0 aliphatic carbocycles. The summed E-state index contributed by atoms with van der Waals surface area (Å²) < 4.78 is 5.80. The van der Waals surface area contributed by atoms with Crippen LogP contribution in [0.1, 0.15) is 61.6 Å². The molecule has 1 amide bonds. The standard InChI is InChI=1S/C32H33NO4/c1-20-18-24-19-23(12-15-26(24)37-20)29(34)27-28(22-10-13-25(14-11-22)32(2,3)4)33(31(36)30(27)35)17-16-21-8-6-5-7-9-21/h5-15,19-20,28,34H,16-18H2,1-4H3/t20-,28+/m0/s1. The molecule has 0 saturated carbocycles. The van der Waals surface area contributed by atoms with Crippen LogP contribution in [0.25, 0.3) is 5.76 Å². The first-order chi connectivity index (χ1) is 17.6. The summed E-state index contributed by atoms with van der Waals surface area (Å²) in [6.45, 7) is 8.80. The molecule has 0 bridgehead atoms. The van der Waals surface area contributed by atoms with Gasteiger partial charge in [0.2, 0.25) is 0 Å². The summed E-state index contributed by atoms with van der Waals surface area (Å²) in [7, 11) is 0. The molecule has 2 atom stereocenters. The maximum absolute atomic E-state index is 13.4. The first-order valence-corrected chi connectivity index (χ1v) is 12.9. The molecule has 5 nitrogen and oxygen atoms in total. The molecule has 0 radical (unpaired) electrons. The fraction of sp³-hybridized carbons (Fsp3) is 0.312. The van der Waals surface area contributed by atoms with E-state index in [2.05, 4.69) is 20.8 Å². The van der Waals surface area contributed by atoms with Gasteiger partial charge in [-0.2, -0.15) is 0 Å². The zero-order chi connectivity index (χ0) is 26.3. The second kappa shape index (κ2) is 9.55. The highest BCUT2D eigenvalue weighted by Crippen LogP contribution is 2.41. The number of benzene rings is 3. The van der Waals surface area contributed by atoms with Crippen LogP contribution < -0.4 is 4.74 Å². The Balaban J connectivity index is 1.58. The average molecular weight is 496 g/mol. The second-order valence-corrected chi connectivity index (χ2v) is 11.1. The number of nitrogens with zero attached hydrogens (tertiary/aromatic N) is 1. The summed E-state index contributed by atoms with van der Waals surface area (Å²) >= 11 is 0. The number of hydrogen-bond acceptors (Lipinski definition) is 4. The van der Waals surface area contributed by atoms with Crippen LogP contribution in [0.2, 0.25) is 0 Å². The van der Waals surface area contributed by atoms with Crippen molar-refractivity contribution in [2.75, 3.05) is 6.54 Å². The van der Waals surface area contributed by atoms with Gasteiger partial charge in [-0.05, 0) is 59.2 Å². The lowest BCUT2D eigenvalue weighted by atomic mass is 9.85. The van der Waals surface area contributed by atoms with Crippen LogP contribution in [0.4, 0.5) is 0 Å². The van der Waals surface area contributed by atoms with E-state index >= 15 is 0 Å². The highest BCUT2D eigenvalue weighted by atomic mass is 16.5. The number of amides is 1. The van der Waals surface area contributed by atoms with E-state index in [0.717, 1.165) is 34.4 Å². The van der Waals surface area contributed by atoms with E-state index in [1.165, 1.54) is 0 Å². The van der Waals surface area contributed by atoms with Gasteiger partial charge in [0.15, 0.2) is 0 Å². The molecule has 2 aliphatic heterocycles. The predicted molar refractivity (Wildman–Crippen MR) is 145 cm³/mol. The fourth-order valence-electron chi connectivity index (χ4n) is 5.24. The number of aliphatic hydroxyl groups is 1. The molecule has 2 aliphatic rings. The van der Waals surface area contributed by atoms with Crippen molar-refractivity contribution in [2.45, 2.75) is 58.1 Å². The lowest BCUT2D eigenvalue weighted by Gasteiger charge is -2.26. The van der Waals surface area contributed by atoms with E-state index in [-0.39, 0.29) is 22.9 Å². The van der Waals surface area contributed by atoms with Gasteiger partial charge in [0.1, 0.15) is 17.6 Å². The van der Waals surface area contributed by atoms with Crippen molar-refractivity contribution in [3.63, 3.8) is 0 Å². The van der Waals surface area contributed by atoms with Gasteiger partial charge in [0.05, 0.1) is 11.6 Å². The average Bonchev–Trinajstić information content (AvgIpc) is 3.37. The molecule has 1 N–H and O–H groups in total. The van der Waals surface area contributed by atoms with Crippen LogP contribution in [0, 0.1) is 0 Å². The monoisotopic (exact) mass is 495 g/mol. The predicted octanol–water partition coefficient (Wildman–Crippen LogP) is 5.97. The number of likely N-dealkylation sites (tertiary alicyclic amines) is 1. The van der Waals surface area contributed by atoms with E-state index in [9.17, 15) is 14.7 Å². The van der Waals surface area contributed by atoms with Crippen LogP contribution in [-0.4, -0.2) is 34.3 Å². The first-order valence-electron chi connectivity index (χ1n) is 12.9. The fourth-order valence-corrected chi connectivity index (χ4v) is 5.24. The number of carbonyl (C=O) groups is 2. The van der Waals surface area contributed by atoms with Crippen molar-refractivity contribution in [3.05, 3.63) is 106 Å². The van der Waals surface area contributed by atoms with E-state index in [0.29, 0.717) is 18.5 Å². The lowest BCUT2D eigenvalue weighted by molar-refractivity contribution is -0.139. The van der Waals surface area contributed by atoms with Crippen LogP contribution >= 0.6 is 0 Å². The van der Waals surface area contributed by atoms with Gasteiger partial charge in [0.25, 0.3) is 11.7 Å². The number of carbonyl (C=O) groups excluding carboxylic acids is 2. The van der Waals surface area contributed by atoms with Crippen molar-refractivity contribution in [1.82, 2.24) is 4.90 Å². The Morgan fingerprint density at radius 3 is 2.38 bits per heavy atom. The van der Waals surface area contributed by atoms with E-state index in [1.54, 1.807) is 11.0 Å². The maximum atomic E-state index is 13.4. The molecule has 1 fully saturated rings. The Hall–Kier alpha value is -3.86. The van der Waals surface area contributed by atoms with Gasteiger partial charge in [-0.15, -0.1) is 0 Å².